The Labute approximate surface area is 133 Å². The maximum absolute atomic E-state index is 11.3. The summed E-state index contributed by atoms with van der Waals surface area (Å²) in [6, 6.07) is 1.57. The number of carboxylic acid groups (broad SMARTS) is 1. The van der Waals surface area contributed by atoms with E-state index in [4.69, 9.17) is 0 Å². The zero-order valence-electron chi connectivity index (χ0n) is 12.6. The Morgan fingerprint density at radius 3 is 2.70 bits per heavy atom. The predicted octanol–water partition coefficient (Wildman–Crippen LogP) is 1.41. The molecule has 1 saturated carbocycles. The van der Waals surface area contributed by atoms with E-state index in [1.54, 1.807) is 18.6 Å². The van der Waals surface area contributed by atoms with E-state index in [9.17, 15) is 15.0 Å². The Bertz CT molecular complexity index is 754. The lowest BCUT2D eigenvalue weighted by atomic mass is 10.2. The minimum absolute atomic E-state index is 0.00478. The van der Waals surface area contributed by atoms with Gasteiger partial charge in [0.25, 0.3) is 0 Å². The zero-order valence-corrected chi connectivity index (χ0v) is 12.6. The highest BCUT2D eigenvalue weighted by molar-refractivity contribution is 5.87. The molecule has 0 unspecified atom stereocenters. The first-order valence-corrected chi connectivity index (χ1v) is 7.82. The molecule has 23 heavy (non-hydrogen) atoms. The molecule has 1 atom stereocenters. The molecule has 120 valence electrons. The Kier molecular flexibility index (Phi) is 3.30. The van der Waals surface area contributed by atoms with Gasteiger partial charge in [-0.05, 0) is 25.3 Å². The van der Waals surface area contributed by atoms with Gasteiger partial charge in [-0.1, -0.05) is 0 Å². The summed E-state index contributed by atoms with van der Waals surface area (Å²) in [5.41, 5.74) is 2.62. The fourth-order valence-corrected chi connectivity index (χ4v) is 3.03. The number of aromatic nitrogens is 3. The number of aliphatic hydroxyl groups is 1. The highest BCUT2D eigenvalue weighted by atomic mass is 16.4. The SMILES string of the molecule is O=C(O)c1cc(-n2cnc(C3CC3)c2)c(N2CC[C@@H](O)C2)cn1. The van der Waals surface area contributed by atoms with Gasteiger partial charge in [0.1, 0.15) is 5.69 Å². The number of carboxylic acids is 1. The molecule has 2 aromatic heterocycles. The minimum atomic E-state index is -1.05. The third-order valence-electron chi connectivity index (χ3n) is 4.46. The van der Waals surface area contributed by atoms with Gasteiger partial charge in [-0.2, -0.15) is 0 Å². The lowest BCUT2D eigenvalue weighted by Gasteiger charge is -2.21. The van der Waals surface area contributed by atoms with Crippen molar-refractivity contribution < 1.29 is 15.0 Å². The van der Waals surface area contributed by atoms with E-state index in [0.29, 0.717) is 18.9 Å². The molecule has 0 bridgehead atoms. The van der Waals surface area contributed by atoms with E-state index in [1.165, 1.54) is 12.8 Å². The van der Waals surface area contributed by atoms with Crippen LogP contribution in [0.4, 0.5) is 5.69 Å². The monoisotopic (exact) mass is 314 g/mol. The summed E-state index contributed by atoms with van der Waals surface area (Å²) in [7, 11) is 0. The molecule has 3 heterocycles. The second-order valence-corrected chi connectivity index (χ2v) is 6.23. The molecule has 0 spiro atoms. The van der Waals surface area contributed by atoms with Crippen LogP contribution in [0.15, 0.2) is 24.8 Å². The van der Waals surface area contributed by atoms with Crippen LogP contribution in [0.3, 0.4) is 0 Å². The number of pyridine rings is 1. The van der Waals surface area contributed by atoms with E-state index in [0.717, 1.165) is 23.6 Å². The second-order valence-electron chi connectivity index (χ2n) is 6.23. The molecule has 7 nitrogen and oxygen atoms in total. The third kappa shape index (κ3) is 2.68. The van der Waals surface area contributed by atoms with E-state index >= 15 is 0 Å². The first-order valence-electron chi connectivity index (χ1n) is 7.82. The van der Waals surface area contributed by atoms with E-state index in [2.05, 4.69) is 9.97 Å². The molecule has 2 aliphatic rings. The Morgan fingerprint density at radius 2 is 2.04 bits per heavy atom. The molecular weight excluding hydrogens is 296 g/mol. The fraction of sp³-hybridized carbons (Fsp3) is 0.438. The van der Waals surface area contributed by atoms with Crippen LogP contribution in [-0.4, -0.2) is 49.9 Å². The van der Waals surface area contributed by atoms with Crippen LogP contribution in [0.5, 0.6) is 0 Å². The molecule has 4 rings (SSSR count). The largest absolute Gasteiger partial charge is 0.477 e. The summed E-state index contributed by atoms with van der Waals surface area (Å²) in [6.07, 6.45) is 7.95. The number of aromatic carboxylic acids is 1. The average molecular weight is 314 g/mol. The number of hydrogen-bond donors (Lipinski definition) is 2. The second kappa shape index (κ2) is 5.34. The van der Waals surface area contributed by atoms with Gasteiger partial charge < -0.3 is 19.7 Å². The number of imidazole rings is 1. The lowest BCUT2D eigenvalue weighted by Crippen LogP contribution is -2.23. The van der Waals surface area contributed by atoms with Gasteiger partial charge in [-0.25, -0.2) is 14.8 Å². The zero-order chi connectivity index (χ0) is 16.0. The molecule has 0 amide bonds. The minimum Gasteiger partial charge on any atom is -0.477 e. The van der Waals surface area contributed by atoms with Crippen LogP contribution in [0.1, 0.15) is 41.4 Å². The van der Waals surface area contributed by atoms with Crippen LogP contribution in [0, 0.1) is 0 Å². The van der Waals surface area contributed by atoms with Crippen molar-refractivity contribution in [3.8, 4) is 5.69 Å². The van der Waals surface area contributed by atoms with Gasteiger partial charge in [0, 0.05) is 25.2 Å². The number of rotatable bonds is 4. The van der Waals surface area contributed by atoms with Gasteiger partial charge >= 0.3 is 5.97 Å². The van der Waals surface area contributed by atoms with Crippen molar-refractivity contribution in [3.63, 3.8) is 0 Å². The molecule has 0 radical (unpaired) electrons. The summed E-state index contributed by atoms with van der Waals surface area (Å²) in [5, 5.41) is 19.0. The van der Waals surface area contributed by atoms with Crippen molar-refractivity contribution in [2.75, 3.05) is 18.0 Å². The van der Waals surface area contributed by atoms with E-state index in [1.807, 2.05) is 15.7 Å². The average Bonchev–Trinajstić information content (AvgIpc) is 3.11. The third-order valence-corrected chi connectivity index (χ3v) is 4.46. The first-order chi connectivity index (χ1) is 11.1. The number of β-amino-alcohol motifs (C(OH)–C–C–N with tert-alkyl or cyclic N) is 1. The van der Waals surface area contributed by atoms with Crippen molar-refractivity contribution >= 4 is 11.7 Å². The van der Waals surface area contributed by atoms with E-state index in [-0.39, 0.29) is 11.8 Å². The van der Waals surface area contributed by atoms with Gasteiger partial charge in [0.15, 0.2) is 0 Å². The summed E-state index contributed by atoms with van der Waals surface area (Å²) in [5.74, 6) is -0.518. The van der Waals surface area contributed by atoms with E-state index < -0.39 is 5.97 Å². The Balaban J connectivity index is 1.76. The van der Waals surface area contributed by atoms with Crippen LogP contribution in [-0.2, 0) is 0 Å². The van der Waals surface area contributed by atoms with Gasteiger partial charge in [-0.15, -0.1) is 0 Å². The fourth-order valence-electron chi connectivity index (χ4n) is 3.03. The maximum atomic E-state index is 11.3. The van der Waals surface area contributed by atoms with Crippen LogP contribution < -0.4 is 4.90 Å². The number of aliphatic hydroxyl groups excluding tert-OH is 1. The summed E-state index contributed by atoms with van der Waals surface area (Å²) in [6.45, 7) is 1.26. The standard InChI is InChI=1S/C16H18N4O3/c21-11-3-4-19(7-11)15-6-17-12(16(22)23)5-14(15)20-8-13(18-9-20)10-1-2-10/h5-6,8-11,21H,1-4,7H2,(H,22,23)/t11-/m1/s1. The van der Waals surface area contributed by atoms with Crippen LogP contribution in [0.2, 0.25) is 0 Å². The van der Waals surface area contributed by atoms with Crippen LogP contribution >= 0.6 is 0 Å². The number of nitrogens with zero attached hydrogens (tertiary/aromatic N) is 4. The van der Waals surface area contributed by atoms with Crippen molar-refractivity contribution in [2.24, 2.45) is 0 Å². The first kappa shape index (κ1) is 14.2. The van der Waals surface area contributed by atoms with Crippen molar-refractivity contribution in [1.29, 1.82) is 0 Å². The number of anilines is 1. The Morgan fingerprint density at radius 1 is 1.22 bits per heavy atom. The quantitative estimate of drug-likeness (QED) is 0.886. The topological polar surface area (TPSA) is 91.5 Å². The summed E-state index contributed by atoms with van der Waals surface area (Å²) < 4.78 is 1.86. The normalized spacial score (nSPS) is 20.9. The molecule has 2 N–H and O–H groups in total. The van der Waals surface area contributed by atoms with Crippen LogP contribution in [0.25, 0.3) is 5.69 Å². The molecule has 1 aliphatic heterocycles. The van der Waals surface area contributed by atoms with Gasteiger partial charge in [0.05, 0.1) is 35.7 Å². The number of hydrogen-bond acceptors (Lipinski definition) is 5. The number of carbonyl (C=O) groups is 1. The molecule has 0 aromatic carbocycles. The summed E-state index contributed by atoms with van der Waals surface area (Å²) in [4.78, 5) is 21.8. The molecular formula is C16H18N4O3. The molecule has 2 fully saturated rings. The highest BCUT2D eigenvalue weighted by Gasteiger charge is 2.27. The molecule has 2 aromatic rings. The summed E-state index contributed by atoms with van der Waals surface area (Å²) >= 11 is 0. The van der Waals surface area contributed by atoms with Gasteiger partial charge in [0.2, 0.25) is 0 Å². The van der Waals surface area contributed by atoms with Crippen molar-refractivity contribution in [2.45, 2.75) is 31.3 Å². The van der Waals surface area contributed by atoms with Gasteiger partial charge in [-0.3, -0.25) is 0 Å². The highest BCUT2D eigenvalue weighted by Crippen LogP contribution is 2.39. The predicted molar refractivity (Wildman–Crippen MR) is 83.1 cm³/mol. The molecule has 1 saturated heterocycles. The molecule has 7 heteroatoms. The maximum Gasteiger partial charge on any atom is 0.354 e. The smallest absolute Gasteiger partial charge is 0.354 e. The van der Waals surface area contributed by atoms with Crippen molar-refractivity contribution in [1.82, 2.24) is 14.5 Å². The Hall–Kier alpha value is -2.41. The lowest BCUT2D eigenvalue weighted by molar-refractivity contribution is 0.0690. The molecule has 1 aliphatic carbocycles. The van der Waals surface area contributed by atoms with Crippen molar-refractivity contribution in [3.05, 3.63) is 36.2 Å².